The molecule has 0 spiro atoms. The summed E-state index contributed by atoms with van der Waals surface area (Å²) in [6.07, 6.45) is 1.74. The number of ketones is 1. The Hall–Kier alpha value is -3.08. The number of fused-ring (bicyclic) bond motifs is 1. The summed E-state index contributed by atoms with van der Waals surface area (Å²) in [6, 6.07) is 15.0. The average Bonchev–Trinajstić information content (AvgIpc) is 2.97. The van der Waals surface area contributed by atoms with Crippen molar-refractivity contribution in [1.29, 1.82) is 0 Å². The number of hydrogen-bond acceptors (Lipinski definition) is 3. The normalized spacial score (nSPS) is 10.5. The van der Waals surface area contributed by atoms with Crippen molar-refractivity contribution in [3.05, 3.63) is 60.3 Å². The Balaban J connectivity index is 1.66. The van der Waals surface area contributed by atoms with E-state index in [9.17, 15) is 9.59 Å². The minimum Gasteiger partial charge on any atom is -0.378 e. The third kappa shape index (κ3) is 3.40. The second-order valence-electron chi connectivity index (χ2n) is 5.28. The van der Waals surface area contributed by atoms with Crippen molar-refractivity contribution >= 4 is 34.0 Å². The SMILES string of the molecule is CC(=O)Nc1ccc(NCC(=O)c2c[nH]c3ccccc23)cc1. The van der Waals surface area contributed by atoms with Crippen molar-refractivity contribution in [2.24, 2.45) is 0 Å². The molecule has 116 valence electrons. The maximum absolute atomic E-state index is 12.4. The third-order valence-electron chi connectivity index (χ3n) is 3.55. The highest BCUT2D eigenvalue weighted by atomic mass is 16.1. The van der Waals surface area contributed by atoms with Gasteiger partial charge in [-0.3, -0.25) is 9.59 Å². The van der Waals surface area contributed by atoms with Crippen molar-refractivity contribution in [2.45, 2.75) is 6.92 Å². The van der Waals surface area contributed by atoms with Crippen LogP contribution in [0.4, 0.5) is 11.4 Å². The van der Waals surface area contributed by atoms with E-state index in [0.717, 1.165) is 22.3 Å². The summed E-state index contributed by atoms with van der Waals surface area (Å²) in [5.41, 5.74) is 3.19. The first-order chi connectivity index (χ1) is 11.1. The molecule has 0 saturated carbocycles. The van der Waals surface area contributed by atoms with Crippen molar-refractivity contribution < 1.29 is 9.59 Å². The molecule has 5 heteroatoms. The first-order valence-electron chi connectivity index (χ1n) is 7.34. The van der Waals surface area contributed by atoms with E-state index in [2.05, 4.69) is 15.6 Å². The van der Waals surface area contributed by atoms with Gasteiger partial charge in [0.05, 0.1) is 6.54 Å². The molecule has 0 aliphatic rings. The van der Waals surface area contributed by atoms with Crippen LogP contribution in [0.25, 0.3) is 10.9 Å². The fourth-order valence-electron chi connectivity index (χ4n) is 2.45. The lowest BCUT2D eigenvalue weighted by molar-refractivity contribution is -0.114. The van der Waals surface area contributed by atoms with Crippen LogP contribution in [0.5, 0.6) is 0 Å². The van der Waals surface area contributed by atoms with Gasteiger partial charge in [0.1, 0.15) is 0 Å². The largest absolute Gasteiger partial charge is 0.378 e. The molecule has 3 rings (SSSR count). The lowest BCUT2D eigenvalue weighted by Crippen LogP contribution is -2.13. The molecule has 3 aromatic rings. The summed E-state index contributed by atoms with van der Waals surface area (Å²) in [5.74, 6) is -0.0892. The Morgan fingerprint density at radius 1 is 1.00 bits per heavy atom. The quantitative estimate of drug-likeness (QED) is 0.632. The number of H-pyrrole nitrogens is 1. The Morgan fingerprint density at radius 3 is 2.43 bits per heavy atom. The summed E-state index contributed by atoms with van der Waals surface area (Å²) in [7, 11) is 0. The number of hydrogen-bond donors (Lipinski definition) is 3. The molecule has 3 N–H and O–H groups in total. The van der Waals surface area contributed by atoms with Gasteiger partial charge in [0.2, 0.25) is 5.91 Å². The molecule has 1 heterocycles. The zero-order valence-electron chi connectivity index (χ0n) is 12.7. The first kappa shape index (κ1) is 14.8. The van der Waals surface area contributed by atoms with Gasteiger partial charge in [0, 0.05) is 41.0 Å². The van der Waals surface area contributed by atoms with Crippen LogP contribution in [0.3, 0.4) is 0 Å². The number of nitrogens with one attached hydrogen (secondary N) is 3. The van der Waals surface area contributed by atoms with Gasteiger partial charge in [-0.1, -0.05) is 18.2 Å². The Labute approximate surface area is 133 Å². The number of Topliss-reactive ketones (excluding diaryl/α,β-unsaturated/α-hetero) is 1. The van der Waals surface area contributed by atoms with Crippen molar-refractivity contribution in [3.8, 4) is 0 Å². The molecule has 5 nitrogen and oxygen atoms in total. The van der Waals surface area contributed by atoms with Gasteiger partial charge in [-0.05, 0) is 30.3 Å². The number of anilines is 2. The van der Waals surface area contributed by atoms with E-state index in [0.29, 0.717) is 5.56 Å². The molecular formula is C18H17N3O2. The first-order valence-corrected chi connectivity index (χ1v) is 7.34. The second kappa shape index (κ2) is 6.36. The van der Waals surface area contributed by atoms with Crippen LogP contribution in [-0.2, 0) is 4.79 Å². The minimum atomic E-state index is -0.111. The summed E-state index contributed by atoms with van der Waals surface area (Å²) < 4.78 is 0. The summed E-state index contributed by atoms with van der Waals surface area (Å²) >= 11 is 0. The number of aromatic amines is 1. The molecule has 0 fully saturated rings. The fraction of sp³-hybridized carbons (Fsp3) is 0.111. The van der Waals surface area contributed by atoms with Crippen LogP contribution in [0.1, 0.15) is 17.3 Å². The lowest BCUT2D eigenvalue weighted by atomic mass is 10.1. The van der Waals surface area contributed by atoms with Crippen molar-refractivity contribution in [1.82, 2.24) is 4.98 Å². The zero-order chi connectivity index (χ0) is 16.2. The highest BCUT2D eigenvalue weighted by Gasteiger charge is 2.11. The van der Waals surface area contributed by atoms with E-state index in [-0.39, 0.29) is 18.2 Å². The molecule has 0 radical (unpaired) electrons. The molecule has 0 unspecified atom stereocenters. The van der Waals surface area contributed by atoms with Crippen LogP contribution in [-0.4, -0.2) is 23.2 Å². The van der Waals surface area contributed by atoms with Gasteiger partial charge < -0.3 is 15.6 Å². The minimum absolute atomic E-state index is 0.0217. The number of aromatic nitrogens is 1. The molecule has 0 atom stereocenters. The van der Waals surface area contributed by atoms with Crippen LogP contribution < -0.4 is 10.6 Å². The average molecular weight is 307 g/mol. The van der Waals surface area contributed by atoms with Crippen molar-refractivity contribution in [3.63, 3.8) is 0 Å². The highest BCUT2D eigenvalue weighted by Crippen LogP contribution is 2.19. The van der Waals surface area contributed by atoms with Gasteiger partial charge in [-0.2, -0.15) is 0 Å². The Kier molecular flexibility index (Phi) is 4.10. The number of amides is 1. The Morgan fingerprint density at radius 2 is 1.70 bits per heavy atom. The molecule has 0 aliphatic carbocycles. The molecule has 1 aromatic heterocycles. The van der Waals surface area contributed by atoms with E-state index in [1.807, 2.05) is 36.4 Å². The van der Waals surface area contributed by atoms with E-state index in [1.54, 1.807) is 18.3 Å². The number of benzene rings is 2. The molecule has 0 saturated heterocycles. The van der Waals surface area contributed by atoms with E-state index >= 15 is 0 Å². The summed E-state index contributed by atoms with van der Waals surface area (Å²) in [6.45, 7) is 1.67. The third-order valence-corrected chi connectivity index (χ3v) is 3.55. The molecular weight excluding hydrogens is 290 g/mol. The molecule has 1 amide bonds. The van der Waals surface area contributed by atoms with E-state index in [4.69, 9.17) is 0 Å². The summed E-state index contributed by atoms with van der Waals surface area (Å²) in [4.78, 5) is 26.4. The molecule has 2 aromatic carbocycles. The lowest BCUT2D eigenvalue weighted by Gasteiger charge is -2.07. The van der Waals surface area contributed by atoms with Crippen LogP contribution in [0.15, 0.2) is 54.7 Å². The number of carbonyl (C=O) groups excluding carboxylic acids is 2. The van der Waals surface area contributed by atoms with Crippen LogP contribution >= 0.6 is 0 Å². The van der Waals surface area contributed by atoms with E-state index < -0.39 is 0 Å². The number of para-hydroxylation sites is 1. The van der Waals surface area contributed by atoms with Crippen molar-refractivity contribution in [2.75, 3.05) is 17.2 Å². The van der Waals surface area contributed by atoms with Gasteiger partial charge in [-0.15, -0.1) is 0 Å². The Bertz CT molecular complexity index is 850. The predicted octanol–water partition coefficient (Wildman–Crippen LogP) is 3.42. The standard InChI is InChI=1S/C18H17N3O2/c1-12(22)21-14-8-6-13(7-9-14)19-11-18(23)16-10-20-17-5-3-2-4-15(16)17/h2-10,19-20H,11H2,1H3,(H,21,22). The number of rotatable bonds is 5. The maximum Gasteiger partial charge on any atom is 0.221 e. The molecule has 0 aliphatic heterocycles. The fourth-order valence-corrected chi connectivity index (χ4v) is 2.45. The smallest absolute Gasteiger partial charge is 0.221 e. The van der Waals surface area contributed by atoms with Crippen LogP contribution in [0, 0.1) is 0 Å². The predicted molar refractivity (Wildman–Crippen MR) is 91.9 cm³/mol. The summed E-state index contributed by atoms with van der Waals surface area (Å²) in [5, 5.41) is 6.73. The highest BCUT2D eigenvalue weighted by molar-refractivity contribution is 6.09. The monoisotopic (exact) mass is 307 g/mol. The van der Waals surface area contributed by atoms with Gasteiger partial charge in [0.25, 0.3) is 0 Å². The second-order valence-corrected chi connectivity index (χ2v) is 5.28. The van der Waals surface area contributed by atoms with Crippen LogP contribution in [0.2, 0.25) is 0 Å². The van der Waals surface area contributed by atoms with Gasteiger partial charge in [-0.25, -0.2) is 0 Å². The topological polar surface area (TPSA) is 74.0 Å². The van der Waals surface area contributed by atoms with Gasteiger partial charge >= 0.3 is 0 Å². The van der Waals surface area contributed by atoms with Gasteiger partial charge in [0.15, 0.2) is 5.78 Å². The molecule has 0 bridgehead atoms. The number of carbonyl (C=O) groups is 2. The zero-order valence-corrected chi connectivity index (χ0v) is 12.7. The maximum atomic E-state index is 12.4. The van der Waals surface area contributed by atoms with E-state index in [1.165, 1.54) is 6.92 Å². The molecule has 23 heavy (non-hydrogen) atoms.